The molecule has 29 heavy (non-hydrogen) atoms. The Labute approximate surface area is 177 Å². The molecule has 0 bridgehead atoms. The first kappa shape index (κ1) is 25.6. The number of hydrogen-bond donors (Lipinski definition) is 0. The predicted molar refractivity (Wildman–Crippen MR) is 116 cm³/mol. The summed E-state index contributed by atoms with van der Waals surface area (Å²) in [5.41, 5.74) is 0.413. The molecule has 0 radical (unpaired) electrons. The van der Waals surface area contributed by atoms with Gasteiger partial charge in [-0.2, -0.15) is 8.42 Å². The lowest BCUT2D eigenvalue weighted by molar-refractivity contribution is -0.156. The van der Waals surface area contributed by atoms with Gasteiger partial charge in [-0.1, -0.05) is 57.2 Å². The van der Waals surface area contributed by atoms with Crippen molar-refractivity contribution in [2.45, 2.75) is 90.6 Å². The summed E-state index contributed by atoms with van der Waals surface area (Å²) >= 11 is 0. The number of benzene rings is 1. The van der Waals surface area contributed by atoms with Crippen molar-refractivity contribution >= 4 is 16.1 Å². The zero-order valence-electron chi connectivity index (χ0n) is 18.9. The van der Waals surface area contributed by atoms with Gasteiger partial charge in [-0.05, 0) is 58.1 Å². The average molecular weight is 427 g/mol. The molecule has 0 saturated heterocycles. The number of carbonyl (C=O) groups is 1. The summed E-state index contributed by atoms with van der Waals surface area (Å²) in [7, 11) is -3.85. The van der Waals surface area contributed by atoms with E-state index in [-0.39, 0.29) is 29.8 Å². The molecular weight excluding hydrogens is 388 g/mol. The fourth-order valence-corrected chi connectivity index (χ4v) is 4.19. The van der Waals surface area contributed by atoms with Crippen LogP contribution in [0.3, 0.4) is 0 Å². The summed E-state index contributed by atoms with van der Waals surface area (Å²) in [4.78, 5) is 12.5. The zero-order chi connectivity index (χ0) is 22.1. The maximum absolute atomic E-state index is 12.5. The average Bonchev–Trinajstić information content (AvgIpc) is 2.58. The second kappa shape index (κ2) is 11.7. The van der Waals surface area contributed by atoms with Crippen LogP contribution in [0.2, 0.25) is 0 Å². The van der Waals surface area contributed by atoms with E-state index in [1.807, 2.05) is 27.7 Å². The molecule has 1 rings (SSSR count). The molecule has 0 spiro atoms. The van der Waals surface area contributed by atoms with Gasteiger partial charge in [0.15, 0.2) is 0 Å². The van der Waals surface area contributed by atoms with E-state index in [1.165, 1.54) is 6.42 Å². The van der Waals surface area contributed by atoms with Crippen LogP contribution in [-0.4, -0.2) is 26.6 Å². The molecule has 0 fully saturated rings. The third kappa shape index (κ3) is 10.8. The predicted octanol–water partition coefficient (Wildman–Crippen LogP) is 5.65. The first-order chi connectivity index (χ1) is 13.4. The maximum atomic E-state index is 12.5. The zero-order valence-corrected chi connectivity index (χ0v) is 19.7. The summed E-state index contributed by atoms with van der Waals surface area (Å²) in [6.45, 7) is 11.7. The van der Waals surface area contributed by atoms with Crippen molar-refractivity contribution < 1.29 is 22.1 Å². The lowest BCUT2D eigenvalue weighted by Crippen LogP contribution is -2.27. The van der Waals surface area contributed by atoms with E-state index >= 15 is 0 Å². The first-order valence-corrected chi connectivity index (χ1v) is 12.0. The molecule has 6 heteroatoms. The van der Waals surface area contributed by atoms with Crippen molar-refractivity contribution in [3.63, 3.8) is 0 Å². The van der Waals surface area contributed by atoms with E-state index < -0.39 is 15.7 Å². The molecule has 1 aromatic carbocycles. The largest absolute Gasteiger partial charge is 0.460 e. The highest BCUT2D eigenvalue weighted by atomic mass is 32.2. The Balaban J connectivity index is 2.78. The van der Waals surface area contributed by atoms with Gasteiger partial charge >= 0.3 is 5.97 Å². The number of rotatable bonds is 12. The van der Waals surface area contributed by atoms with Gasteiger partial charge in [-0.25, -0.2) is 0 Å². The number of unbranched alkanes of at least 4 members (excludes halogenated alkanes) is 2. The molecule has 0 aliphatic rings. The van der Waals surface area contributed by atoms with Crippen molar-refractivity contribution in [3.8, 4) is 0 Å². The molecule has 0 aliphatic carbocycles. The standard InChI is InChI=1S/C23H38O5S/c1-7-8-9-10-19(3)15-20(16-22(24)28-23(4,5)6)17-27-29(25,26)21-13-11-18(2)12-14-21/h11-14,19-20H,7-10,15-17H2,1-6H3. The summed E-state index contributed by atoms with van der Waals surface area (Å²) in [5.74, 6) is -0.138. The second-order valence-corrected chi connectivity index (χ2v) is 10.7. The summed E-state index contributed by atoms with van der Waals surface area (Å²) < 4.78 is 35.8. The summed E-state index contributed by atoms with van der Waals surface area (Å²) in [6, 6.07) is 6.57. The number of ether oxygens (including phenoxy) is 1. The van der Waals surface area contributed by atoms with E-state index in [4.69, 9.17) is 8.92 Å². The quantitative estimate of drug-likeness (QED) is 0.245. The molecule has 2 unspecified atom stereocenters. The van der Waals surface area contributed by atoms with E-state index in [1.54, 1.807) is 24.3 Å². The molecule has 0 heterocycles. The minimum atomic E-state index is -3.85. The van der Waals surface area contributed by atoms with Gasteiger partial charge in [-0.15, -0.1) is 0 Å². The Hall–Kier alpha value is -1.40. The third-order valence-corrected chi connectivity index (χ3v) is 5.98. The van der Waals surface area contributed by atoms with E-state index in [2.05, 4.69) is 13.8 Å². The highest BCUT2D eigenvalue weighted by molar-refractivity contribution is 7.86. The Morgan fingerprint density at radius 3 is 2.28 bits per heavy atom. The highest BCUT2D eigenvalue weighted by Crippen LogP contribution is 2.24. The van der Waals surface area contributed by atoms with Gasteiger partial charge in [-0.3, -0.25) is 8.98 Å². The van der Waals surface area contributed by atoms with Gasteiger partial charge in [0.1, 0.15) is 5.60 Å². The second-order valence-electron chi connectivity index (χ2n) is 9.04. The van der Waals surface area contributed by atoms with Crippen LogP contribution in [0.5, 0.6) is 0 Å². The van der Waals surface area contributed by atoms with E-state index in [0.29, 0.717) is 5.92 Å². The number of hydrogen-bond acceptors (Lipinski definition) is 5. The Morgan fingerprint density at radius 2 is 1.72 bits per heavy atom. The Kier molecular flexibility index (Phi) is 10.3. The highest BCUT2D eigenvalue weighted by Gasteiger charge is 2.25. The molecule has 5 nitrogen and oxygen atoms in total. The van der Waals surface area contributed by atoms with Gasteiger partial charge in [0.25, 0.3) is 10.1 Å². The fourth-order valence-electron chi connectivity index (χ4n) is 3.22. The van der Waals surface area contributed by atoms with Crippen molar-refractivity contribution in [2.24, 2.45) is 11.8 Å². The minimum Gasteiger partial charge on any atom is -0.460 e. The van der Waals surface area contributed by atoms with Crippen molar-refractivity contribution in [3.05, 3.63) is 29.8 Å². The normalized spacial score (nSPS) is 14.4. The van der Waals surface area contributed by atoms with E-state index in [0.717, 1.165) is 31.2 Å². The van der Waals surface area contributed by atoms with Gasteiger partial charge < -0.3 is 4.74 Å². The summed E-state index contributed by atoms with van der Waals surface area (Å²) in [6.07, 6.45) is 5.42. The van der Waals surface area contributed by atoms with Crippen LogP contribution in [0.25, 0.3) is 0 Å². The van der Waals surface area contributed by atoms with Crippen LogP contribution in [0.4, 0.5) is 0 Å². The lowest BCUT2D eigenvalue weighted by Gasteiger charge is -2.24. The van der Waals surface area contributed by atoms with Crippen molar-refractivity contribution in [1.29, 1.82) is 0 Å². The molecule has 2 atom stereocenters. The van der Waals surface area contributed by atoms with Gasteiger partial charge in [0.2, 0.25) is 0 Å². The smallest absolute Gasteiger partial charge is 0.306 e. The molecular formula is C23H38O5S. The van der Waals surface area contributed by atoms with Crippen molar-refractivity contribution in [1.82, 2.24) is 0 Å². The lowest BCUT2D eigenvalue weighted by atomic mass is 9.90. The third-order valence-electron chi connectivity index (χ3n) is 4.68. The molecule has 0 saturated carbocycles. The van der Waals surface area contributed by atoms with Crippen molar-refractivity contribution in [2.75, 3.05) is 6.61 Å². The van der Waals surface area contributed by atoms with Crippen LogP contribution >= 0.6 is 0 Å². The monoisotopic (exact) mass is 426 g/mol. The first-order valence-electron chi connectivity index (χ1n) is 10.6. The fraction of sp³-hybridized carbons (Fsp3) is 0.696. The van der Waals surface area contributed by atoms with Gasteiger partial charge in [0.05, 0.1) is 17.9 Å². The van der Waals surface area contributed by atoms with Crippen LogP contribution in [0.15, 0.2) is 29.2 Å². The number of aryl methyl sites for hydroxylation is 1. The molecule has 0 N–H and O–H groups in total. The molecule has 0 aliphatic heterocycles. The van der Waals surface area contributed by atoms with Crippen LogP contribution in [-0.2, 0) is 23.8 Å². The Morgan fingerprint density at radius 1 is 1.10 bits per heavy atom. The molecule has 0 aromatic heterocycles. The topological polar surface area (TPSA) is 69.7 Å². The maximum Gasteiger partial charge on any atom is 0.306 e. The van der Waals surface area contributed by atoms with Crippen LogP contribution in [0, 0.1) is 18.8 Å². The number of carbonyl (C=O) groups excluding carboxylic acids is 1. The number of esters is 1. The van der Waals surface area contributed by atoms with E-state index in [9.17, 15) is 13.2 Å². The Bertz CT molecular complexity index is 717. The molecule has 1 aromatic rings. The molecule has 0 amide bonds. The molecule has 166 valence electrons. The minimum absolute atomic E-state index is 0.0203. The van der Waals surface area contributed by atoms with Gasteiger partial charge in [0, 0.05) is 0 Å². The summed E-state index contributed by atoms with van der Waals surface area (Å²) in [5, 5.41) is 0. The SMILES string of the molecule is CCCCCC(C)CC(COS(=O)(=O)c1ccc(C)cc1)CC(=O)OC(C)(C)C. The van der Waals surface area contributed by atoms with Crippen LogP contribution < -0.4 is 0 Å². The van der Waals surface area contributed by atoms with Crippen LogP contribution in [0.1, 0.15) is 78.7 Å².